The summed E-state index contributed by atoms with van der Waals surface area (Å²) in [4.78, 5) is 24.8. The van der Waals surface area contributed by atoms with Gasteiger partial charge < -0.3 is 9.47 Å². The van der Waals surface area contributed by atoms with Crippen molar-refractivity contribution in [2.45, 2.75) is 6.18 Å². The summed E-state index contributed by atoms with van der Waals surface area (Å²) in [6.45, 7) is 0. The molecule has 0 fully saturated rings. The van der Waals surface area contributed by atoms with Gasteiger partial charge in [0.25, 0.3) is 5.91 Å². The Bertz CT molecular complexity index is 1350. The number of hydrogen-bond acceptors (Lipinski definition) is 6. The molecule has 0 heterocycles. The normalized spacial score (nSPS) is 10.7. The fourth-order valence-corrected chi connectivity index (χ4v) is 3.81. The topological polar surface area (TPSA) is 88.4 Å². The molecule has 3 aromatic carbocycles. The molecule has 35 heavy (non-hydrogen) atoms. The van der Waals surface area contributed by atoms with E-state index in [0.29, 0.717) is 11.6 Å². The number of hydrogen-bond donors (Lipinski definition) is 1. The molecule has 0 aliphatic rings. The number of carbonyl (C=O) groups is 2. The quantitative estimate of drug-likeness (QED) is 0.324. The Hall–Kier alpha value is -3.46. The van der Waals surface area contributed by atoms with Gasteiger partial charge in [-0.2, -0.15) is 18.4 Å². The molecular formula is C23H11BrClF3N2O4S. The summed E-state index contributed by atoms with van der Waals surface area (Å²) < 4.78 is 49.4. The minimum Gasteiger partial charge on any atom is -0.455 e. The van der Waals surface area contributed by atoms with Crippen LogP contribution in [0.4, 0.5) is 18.0 Å². The van der Waals surface area contributed by atoms with E-state index in [1.165, 1.54) is 29.6 Å². The number of benzene rings is 3. The monoisotopic (exact) mass is 582 g/mol. The van der Waals surface area contributed by atoms with Gasteiger partial charge in [-0.25, -0.2) is 4.79 Å². The standard InChI is InChI=1S/C23H11BrClF3N2O4S/c24-18-7-14(23(26,27)28)8-19(25)20(18)33-16-5-4-13(10-29)17(9-16)21(31)30-22(32)34-15-3-1-2-12(6-15)11-35/h1-9,11H,(H,30,31,32). The Kier molecular flexibility index (Phi) is 8.11. The van der Waals surface area contributed by atoms with Gasteiger partial charge in [-0.1, -0.05) is 36.0 Å². The highest BCUT2D eigenvalue weighted by atomic mass is 79.9. The van der Waals surface area contributed by atoms with Crippen LogP contribution in [0.1, 0.15) is 27.0 Å². The molecule has 12 heteroatoms. The van der Waals surface area contributed by atoms with Gasteiger partial charge in [0.1, 0.15) is 11.5 Å². The lowest BCUT2D eigenvalue weighted by molar-refractivity contribution is -0.137. The summed E-state index contributed by atoms with van der Waals surface area (Å²) in [6, 6.07) is 13.2. The molecule has 0 aromatic heterocycles. The maximum absolute atomic E-state index is 13.0. The number of carbonyl (C=O) groups excluding carboxylic acids is 2. The molecule has 0 spiro atoms. The van der Waals surface area contributed by atoms with E-state index in [1.807, 2.05) is 11.4 Å². The number of rotatable bonds is 5. The molecule has 1 N–H and O–H groups in total. The second-order valence-corrected chi connectivity index (χ2v) is 8.22. The number of thiocarbonyl (C=S) groups is 1. The van der Waals surface area contributed by atoms with Crippen LogP contribution >= 0.6 is 39.7 Å². The van der Waals surface area contributed by atoms with E-state index >= 15 is 0 Å². The Balaban J connectivity index is 1.82. The van der Waals surface area contributed by atoms with Gasteiger partial charge >= 0.3 is 12.3 Å². The first-order chi connectivity index (χ1) is 16.5. The van der Waals surface area contributed by atoms with Gasteiger partial charge in [0.15, 0.2) is 5.75 Å². The second kappa shape index (κ2) is 10.9. The van der Waals surface area contributed by atoms with E-state index in [4.69, 9.17) is 33.3 Å². The fourth-order valence-electron chi connectivity index (χ4n) is 2.76. The SMILES string of the molecule is N#Cc1ccc(Oc2c(Cl)cc(C(F)(F)F)cc2Br)cc1C(=O)NC(=O)Oc1cccc(C=S)c1. The van der Waals surface area contributed by atoms with Crippen molar-refractivity contribution in [2.75, 3.05) is 0 Å². The number of halogens is 5. The molecule has 0 atom stereocenters. The van der Waals surface area contributed by atoms with Crippen molar-refractivity contribution in [1.82, 2.24) is 5.32 Å². The van der Waals surface area contributed by atoms with E-state index in [9.17, 15) is 28.0 Å². The van der Waals surface area contributed by atoms with Gasteiger partial charge in [-0.15, -0.1) is 0 Å². The lowest BCUT2D eigenvalue weighted by atomic mass is 10.1. The van der Waals surface area contributed by atoms with Crippen LogP contribution in [0.5, 0.6) is 17.2 Å². The third kappa shape index (κ3) is 6.57. The number of amides is 2. The van der Waals surface area contributed by atoms with Crippen molar-refractivity contribution in [3.8, 4) is 23.3 Å². The first-order valence-electron chi connectivity index (χ1n) is 9.38. The van der Waals surface area contributed by atoms with Gasteiger partial charge in [-0.3, -0.25) is 10.1 Å². The molecule has 6 nitrogen and oxygen atoms in total. The number of ether oxygens (including phenoxy) is 2. The summed E-state index contributed by atoms with van der Waals surface area (Å²) in [6.07, 6.45) is -5.73. The van der Waals surface area contributed by atoms with Crippen molar-refractivity contribution in [3.63, 3.8) is 0 Å². The van der Waals surface area contributed by atoms with E-state index in [-0.39, 0.29) is 37.9 Å². The molecule has 0 saturated carbocycles. The van der Waals surface area contributed by atoms with Crippen LogP contribution in [0.15, 0.2) is 59.1 Å². The van der Waals surface area contributed by atoms with Crippen molar-refractivity contribution >= 4 is 57.1 Å². The van der Waals surface area contributed by atoms with E-state index < -0.39 is 23.7 Å². The summed E-state index contributed by atoms with van der Waals surface area (Å²) >= 11 is 13.8. The highest BCUT2D eigenvalue weighted by Crippen LogP contribution is 2.42. The summed E-state index contributed by atoms with van der Waals surface area (Å²) in [5, 5.41) is 12.4. The van der Waals surface area contributed by atoms with Crippen LogP contribution in [0.2, 0.25) is 5.02 Å². The van der Waals surface area contributed by atoms with E-state index in [2.05, 4.69) is 15.9 Å². The van der Waals surface area contributed by atoms with Crippen LogP contribution < -0.4 is 14.8 Å². The lowest BCUT2D eigenvalue weighted by Gasteiger charge is -2.14. The maximum Gasteiger partial charge on any atom is 0.419 e. The van der Waals surface area contributed by atoms with Crippen LogP contribution in [-0.2, 0) is 6.18 Å². The third-order valence-electron chi connectivity index (χ3n) is 4.32. The van der Waals surface area contributed by atoms with Gasteiger partial charge in [0, 0.05) is 5.37 Å². The van der Waals surface area contributed by atoms with Crippen molar-refractivity contribution < 1.29 is 32.2 Å². The van der Waals surface area contributed by atoms with Gasteiger partial charge in [0.2, 0.25) is 0 Å². The molecule has 0 bridgehead atoms. The number of nitriles is 1. The van der Waals surface area contributed by atoms with E-state index in [0.717, 1.165) is 12.1 Å². The minimum atomic E-state index is -4.62. The zero-order chi connectivity index (χ0) is 25.8. The Morgan fingerprint density at radius 3 is 2.49 bits per heavy atom. The molecule has 3 rings (SSSR count). The zero-order valence-electron chi connectivity index (χ0n) is 17.2. The first kappa shape index (κ1) is 26.2. The average Bonchev–Trinajstić information content (AvgIpc) is 2.80. The predicted octanol–water partition coefficient (Wildman–Crippen LogP) is 7.06. The van der Waals surface area contributed by atoms with Crippen molar-refractivity contribution in [3.05, 3.63) is 86.3 Å². The number of imide groups is 1. The smallest absolute Gasteiger partial charge is 0.419 e. The highest BCUT2D eigenvalue weighted by molar-refractivity contribution is 9.10. The molecule has 3 aromatic rings. The fraction of sp³-hybridized carbons (Fsp3) is 0.0435. The molecular weight excluding hydrogens is 573 g/mol. The molecule has 0 aliphatic carbocycles. The van der Waals surface area contributed by atoms with Crippen LogP contribution in [0.3, 0.4) is 0 Å². The Morgan fingerprint density at radius 1 is 1.11 bits per heavy atom. The molecule has 2 amide bonds. The number of nitrogens with one attached hydrogen (secondary N) is 1. The number of alkyl halides is 3. The molecule has 0 aliphatic heterocycles. The Labute approximate surface area is 215 Å². The predicted molar refractivity (Wildman–Crippen MR) is 128 cm³/mol. The summed E-state index contributed by atoms with van der Waals surface area (Å²) in [5.74, 6) is -1.01. The number of nitrogens with zero attached hydrogens (tertiary/aromatic N) is 1. The van der Waals surface area contributed by atoms with Crippen molar-refractivity contribution in [1.29, 1.82) is 5.26 Å². The molecule has 0 unspecified atom stereocenters. The van der Waals surface area contributed by atoms with Crippen molar-refractivity contribution in [2.24, 2.45) is 0 Å². The lowest BCUT2D eigenvalue weighted by Crippen LogP contribution is -2.33. The Morgan fingerprint density at radius 2 is 1.86 bits per heavy atom. The molecule has 178 valence electrons. The first-order valence-corrected chi connectivity index (χ1v) is 11.0. The van der Waals surface area contributed by atoms with E-state index in [1.54, 1.807) is 12.1 Å². The summed E-state index contributed by atoms with van der Waals surface area (Å²) in [5.41, 5.74) is -0.714. The minimum absolute atomic E-state index is 0.0291. The highest BCUT2D eigenvalue weighted by Gasteiger charge is 2.32. The third-order valence-corrected chi connectivity index (χ3v) is 5.46. The molecule has 0 radical (unpaired) electrons. The van der Waals surface area contributed by atoms with Crippen LogP contribution in [-0.4, -0.2) is 17.4 Å². The average molecular weight is 584 g/mol. The zero-order valence-corrected chi connectivity index (χ0v) is 20.3. The van der Waals surface area contributed by atoms with Gasteiger partial charge in [0.05, 0.1) is 32.3 Å². The van der Waals surface area contributed by atoms with Crippen LogP contribution in [0, 0.1) is 11.3 Å². The summed E-state index contributed by atoms with van der Waals surface area (Å²) in [7, 11) is 0. The van der Waals surface area contributed by atoms with Gasteiger partial charge in [-0.05, 0) is 64.0 Å². The second-order valence-electron chi connectivity index (χ2n) is 6.72. The molecule has 0 saturated heterocycles. The maximum atomic E-state index is 13.0. The van der Waals surface area contributed by atoms with Crippen LogP contribution in [0.25, 0.3) is 0 Å². The largest absolute Gasteiger partial charge is 0.455 e.